The monoisotopic (exact) mass is 449 g/mol. The summed E-state index contributed by atoms with van der Waals surface area (Å²) < 4.78 is 11.3. The minimum absolute atomic E-state index is 0.0338. The second-order valence-electron chi connectivity index (χ2n) is 9.79. The molecular weight excluding hydrogens is 418 g/mol. The van der Waals surface area contributed by atoms with Gasteiger partial charge >= 0.3 is 5.97 Å². The van der Waals surface area contributed by atoms with Crippen molar-refractivity contribution in [2.24, 2.45) is 11.8 Å². The van der Waals surface area contributed by atoms with Gasteiger partial charge in [0.2, 0.25) is 5.91 Å². The molecule has 0 radical (unpaired) electrons. The molecule has 1 N–H and O–H groups in total. The summed E-state index contributed by atoms with van der Waals surface area (Å²) in [5, 5.41) is 11.8. The molecule has 0 unspecified atom stereocenters. The van der Waals surface area contributed by atoms with Crippen molar-refractivity contribution in [1.29, 1.82) is 0 Å². The van der Waals surface area contributed by atoms with Crippen LogP contribution in [0.25, 0.3) is 21.9 Å². The number of ether oxygens (including phenoxy) is 1. The van der Waals surface area contributed by atoms with Crippen molar-refractivity contribution < 1.29 is 23.8 Å². The van der Waals surface area contributed by atoms with E-state index in [0.717, 1.165) is 61.3 Å². The number of aromatic carboxylic acids is 1. The van der Waals surface area contributed by atoms with Crippen molar-refractivity contribution >= 4 is 39.5 Å². The number of carbonyl (C=O) groups is 2. The molecule has 174 valence electrons. The van der Waals surface area contributed by atoms with Gasteiger partial charge in [-0.05, 0) is 80.7 Å². The van der Waals surface area contributed by atoms with Gasteiger partial charge in [0.1, 0.15) is 11.2 Å². The van der Waals surface area contributed by atoms with E-state index in [2.05, 4.69) is 6.92 Å². The number of benzene rings is 2. The zero-order valence-electron chi connectivity index (χ0n) is 19.3. The quantitative estimate of drug-likeness (QED) is 0.489. The molecule has 0 aliphatic heterocycles. The molecule has 1 heterocycles. The molecular formula is C27H31NO5. The lowest BCUT2D eigenvalue weighted by atomic mass is 9.81. The Balaban J connectivity index is 1.64. The number of hydrogen-bond donors (Lipinski definition) is 1. The predicted molar refractivity (Wildman–Crippen MR) is 128 cm³/mol. The maximum absolute atomic E-state index is 13.8. The lowest BCUT2D eigenvalue weighted by Crippen LogP contribution is -2.48. The van der Waals surface area contributed by atoms with E-state index in [9.17, 15) is 14.7 Å². The molecule has 0 spiro atoms. The Morgan fingerprint density at radius 1 is 1.03 bits per heavy atom. The van der Waals surface area contributed by atoms with Gasteiger partial charge in [0.25, 0.3) is 0 Å². The third-order valence-electron chi connectivity index (χ3n) is 7.50. The van der Waals surface area contributed by atoms with Gasteiger partial charge in [-0.2, -0.15) is 0 Å². The highest BCUT2D eigenvalue weighted by atomic mass is 16.5. The van der Waals surface area contributed by atoms with Crippen LogP contribution in [0.1, 0.15) is 67.8 Å². The first-order valence-electron chi connectivity index (χ1n) is 12.0. The van der Waals surface area contributed by atoms with Gasteiger partial charge in [0.15, 0.2) is 0 Å². The summed E-state index contributed by atoms with van der Waals surface area (Å²) in [4.78, 5) is 27.9. The molecule has 6 nitrogen and oxygen atoms in total. The van der Waals surface area contributed by atoms with Crippen LogP contribution in [0.15, 0.2) is 34.7 Å². The van der Waals surface area contributed by atoms with Crippen LogP contribution in [-0.2, 0) is 16.1 Å². The van der Waals surface area contributed by atoms with Crippen molar-refractivity contribution in [2.45, 2.75) is 64.5 Å². The average molecular weight is 450 g/mol. The van der Waals surface area contributed by atoms with E-state index >= 15 is 0 Å². The van der Waals surface area contributed by atoms with E-state index in [1.807, 2.05) is 29.2 Å². The number of furan rings is 1. The third-order valence-corrected chi connectivity index (χ3v) is 7.50. The van der Waals surface area contributed by atoms with Gasteiger partial charge in [0, 0.05) is 29.8 Å². The van der Waals surface area contributed by atoms with Crippen LogP contribution in [0.5, 0.6) is 0 Å². The maximum atomic E-state index is 13.8. The summed E-state index contributed by atoms with van der Waals surface area (Å²) >= 11 is 0. The molecule has 2 aromatic carbocycles. The van der Waals surface area contributed by atoms with Crippen LogP contribution < -0.4 is 4.90 Å². The standard InChI is InChI=1S/C27H31NO5/c1-16-6-9-18(10-7-16)26(29)28(19-4-3-5-19)23-13-21-20-12-17(15-32-2)8-11-24(20)33-25(21)14-22(23)27(30)31/h8,11-14,16,18-19H,3-7,9-10,15H2,1-2H3,(H,30,31). The van der Waals surface area contributed by atoms with E-state index in [1.54, 1.807) is 13.2 Å². The Kier molecular flexibility index (Phi) is 5.87. The van der Waals surface area contributed by atoms with E-state index < -0.39 is 5.97 Å². The number of anilines is 1. The van der Waals surface area contributed by atoms with Gasteiger partial charge in [-0.15, -0.1) is 0 Å². The second kappa shape index (κ2) is 8.82. The third kappa shape index (κ3) is 4.01. The highest BCUT2D eigenvalue weighted by Crippen LogP contribution is 2.40. The zero-order valence-corrected chi connectivity index (χ0v) is 19.3. The Labute approximate surface area is 193 Å². The largest absolute Gasteiger partial charge is 0.478 e. The van der Waals surface area contributed by atoms with Crippen molar-refractivity contribution in [3.8, 4) is 0 Å². The van der Waals surface area contributed by atoms with Crippen LogP contribution in [0, 0.1) is 11.8 Å². The molecule has 2 saturated carbocycles. The first kappa shape index (κ1) is 22.0. The average Bonchev–Trinajstić information content (AvgIpc) is 3.12. The lowest BCUT2D eigenvalue weighted by Gasteiger charge is -2.41. The summed E-state index contributed by atoms with van der Waals surface area (Å²) in [6, 6.07) is 9.37. The molecule has 6 heteroatoms. The Morgan fingerprint density at radius 3 is 2.39 bits per heavy atom. The van der Waals surface area contributed by atoms with Crippen molar-refractivity contribution in [1.82, 2.24) is 0 Å². The normalized spacial score (nSPS) is 21.3. The van der Waals surface area contributed by atoms with Gasteiger partial charge in [-0.3, -0.25) is 4.79 Å². The van der Waals surface area contributed by atoms with E-state index in [1.165, 1.54) is 0 Å². The van der Waals surface area contributed by atoms with Gasteiger partial charge in [0.05, 0.1) is 17.9 Å². The van der Waals surface area contributed by atoms with Gasteiger partial charge < -0.3 is 19.2 Å². The van der Waals surface area contributed by atoms with Gasteiger partial charge in [-0.25, -0.2) is 4.79 Å². The number of carboxylic acids is 1. The molecule has 33 heavy (non-hydrogen) atoms. The summed E-state index contributed by atoms with van der Waals surface area (Å²) in [5.74, 6) is -0.340. The molecule has 2 aliphatic carbocycles. The fraction of sp³-hybridized carbons (Fsp3) is 0.481. The molecule has 2 fully saturated rings. The molecule has 0 atom stereocenters. The Hall–Kier alpha value is -2.86. The highest BCUT2D eigenvalue weighted by molar-refractivity contribution is 6.12. The van der Waals surface area contributed by atoms with Crippen molar-refractivity contribution in [3.63, 3.8) is 0 Å². The van der Waals surface area contributed by atoms with E-state index in [-0.39, 0.29) is 23.4 Å². The summed E-state index contributed by atoms with van der Waals surface area (Å²) in [6.07, 6.45) is 6.75. The first-order valence-corrected chi connectivity index (χ1v) is 12.0. The molecule has 5 rings (SSSR count). The smallest absolute Gasteiger partial charge is 0.337 e. The minimum Gasteiger partial charge on any atom is -0.478 e. The fourth-order valence-corrected chi connectivity index (χ4v) is 5.33. The molecule has 1 amide bonds. The summed E-state index contributed by atoms with van der Waals surface area (Å²) in [7, 11) is 1.66. The predicted octanol–water partition coefficient (Wildman–Crippen LogP) is 6.14. The topological polar surface area (TPSA) is 80.0 Å². The van der Waals surface area contributed by atoms with Crippen LogP contribution in [0.2, 0.25) is 0 Å². The molecule has 1 aromatic heterocycles. The summed E-state index contributed by atoms with van der Waals surface area (Å²) in [6.45, 7) is 2.72. The summed E-state index contributed by atoms with van der Waals surface area (Å²) in [5.41, 5.74) is 2.86. The second-order valence-corrected chi connectivity index (χ2v) is 9.79. The van der Waals surface area contributed by atoms with Crippen LogP contribution >= 0.6 is 0 Å². The number of nitrogens with zero attached hydrogens (tertiary/aromatic N) is 1. The zero-order chi connectivity index (χ0) is 23.1. The van der Waals surface area contributed by atoms with Gasteiger partial charge in [-0.1, -0.05) is 13.0 Å². The number of carboxylic acid groups (broad SMARTS) is 1. The van der Waals surface area contributed by atoms with E-state index in [4.69, 9.17) is 9.15 Å². The Bertz CT molecular complexity index is 1200. The number of carbonyl (C=O) groups excluding carboxylic acids is 1. The van der Waals surface area contributed by atoms with Crippen molar-refractivity contribution in [3.05, 3.63) is 41.5 Å². The van der Waals surface area contributed by atoms with Crippen LogP contribution in [0.4, 0.5) is 5.69 Å². The SMILES string of the molecule is COCc1ccc2oc3cc(C(=O)O)c(N(C(=O)C4CCC(C)CC4)C4CCC4)cc3c2c1. The number of hydrogen-bond acceptors (Lipinski definition) is 4. The molecule has 3 aromatic rings. The Morgan fingerprint density at radius 2 is 1.76 bits per heavy atom. The molecule has 2 aliphatic rings. The molecule has 0 saturated heterocycles. The maximum Gasteiger partial charge on any atom is 0.337 e. The molecule has 0 bridgehead atoms. The van der Waals surface area contributed by atoms with E-state index in [0.29, 0.717) is 29.4 Å². The first-order chi connectivity index (χ1) is 16.0. The van der Waals surface area contributed by atoms with Crippen molar-refractivity contribution in [2.75, 3.05) is 12.0 Å². The fourth-order valence-electron chi connectivity index (χ4n) is 5.33. The number of methoxy groups -OCH3 is 1. The number of fused-ring (bicyclic) bond motifs is 3. The minimum atomic E-state index is -1.04. The number of rotatable bonds is 6. The lowest BCUT2D eigenvalue weighted by molar-refractivity contribution is -0.124. The number of amides is 1. The highest BCUT2D eigenvalue weighted by Gasteiger charge is 2.37. The van der Waals surface area contributed by atoms with Crippen LogP contribution in [-0.4, -0.2) is 30.1 Å². The van der Waals surface area contributed by atoms with Crippen LogP contribution in [0.3, 0.4) is 0 Å².